The van der Waals surface area contributed by atoms with Crippen molar-refractivity contribution in [1.29, 1.82) is 0 Å². The van der Waals surface area contributed by atoms with E-state index in [1.54, 1.807) is 6.07 Å². The number of aliphatic hydroxyl groups excluding tert-OH is 1. The van der Waals surface area contributed by atoms with E-state index in [9.17, 15) is 10.1 Å². The average molecular weight is 332 g/mol. The van der Waals surface area contributed by atoms with E-state index >= 15 is 0 Å². The second kappa shape index (κ2) is 6.83. The van der Waals surface area contributed by atoms with Crippen molar-refractivity contribution in [2.45, 2.75) is 32.4 Å². The average Bonchev–Trinajstić information content (AvgIpc) is 3.34. The normalized spacial score (nSPS) is 13.8. The molecule has 0 bridgehead atoms. The molecule has 0 aliphatic heterocycles. The quantitative estimate of drug-likeness (QED) is 0.498. The molecular formula is C15H20N6O3. The largest absolute Gasteiger partial charge is 0.395 e. The lowest BCUT2D eigenvalue weighted by molar-refractivity contribution is -0.384. The summed E-state index contributed by atoms with van der Waals surface area (Å²) in [5.41, 5.74) is 1.30. The molecule has 3 N–H and O–H groups in total. The summed E-state index contributed by atoms with van der Waals surface area (Å²) in [6.07, 6.45) is 2.26. The Bertz CT molecular complexity index is 741. The summed E-state index contributed by atoms with van der Waals surface area (Å²) in [7, 11) is 0. The van der Waals surface area contributed by atoms with E-state index in [1.807, 2.05) is 6.92 Å². The highest BCUT2D eigenvalue weighted by molar-refractivity contribution is 5.71. The molecule has 0 amide bonds. The van der Waals surface area contributed by atoms with Gasteiger partial charge in [0.1, 0.15) is 5.82 Å². The van der Waals surface area contributed by atoms with Crippen LogP contribution >= 0.6 is 0 Å². The Morgan fingerprint density at radius 2 is 2.12 bits per heavy atom. The number of aliphatic hydroxyl groups is 1. The zero-order valence-corrected chi connectivity index (χ0v) is 13.4. The Labute approximate surface area is 138 Å². The number of nitro groups is 1. The van der Waals surface area contributed by atoms with E-state index in [4.69, 9.17) is 5.11 Å². The van der Waals surface area contributed by atoms with Gasteiger partial charge < -0.3 is 20.3 Å². The van der Waals surface area contributed by atoms with Gasteiger partial charge in [-0.3, -0.25) is 10.1 Å². The van der Waals surface area contributed by atoms with E-state index in [1.165, 1.54) is 12.1 Å². The van der Waals surface area contributed by atoms with E-state index in [0.29, 0.717) is 30.5 Å². The molecule has 1 aliphatic rings. The molecule has 0 unspecified atom stereocenters. The van der Waals surface area contributed by atoms with Gasteiger partial charge in [-0.1, -0.05) is 0 Å². The van der Waals surface area contributed by atoms with Crippen LogP contribution in [0.25, 0.3) is 0 Å². The lowest BCUT2D eigenvalue weighted by Gasteiger charge is -2.14. The minimum absolute atomic E-state index is 0.00638. The summed E-state index contributed by atoms with van der Waals surface area (Å²) in [5, 5.41) is 34.5. The van der Waals surface area contributed by atoms with Crippen molar-refractivity contribution in [3.63, 3.8) is 0 Å². The first-order chi connectivity index (χ1) is 11.6. The monoisotopic (exact) mass is 332 g/mol. The molecule has 128 valence electrons. The van der Waals surface area contributed by atoms with Gasteiger partial charge in [-0.25, -0.2) is 0 Å². The first-order valence-corrected chi connectivity index (χ1v) is 7.87. The van der Waals surface area contributed by atoms with E-state index in [0.717, 1.165) is 24.5 Å². The molecule has 0 spiro atoms. The lowest BCUT2D eigenvalue weighted by Crippen LogP contribution is -2.12. The number of nitrogens with one attached hydrogen (secondary N) is 2. The third kappa shape index (κ3) is 3.46. The molecule has 1 aliphatic carbocycles. The van der Waals surface area contributed by atoms with Gasteiger partial charge in [0.15, 0.2) is 5.82 Å². The number of benzene rings is 1. The van der Waals surface area contributed by atoms with E-state index in [-0.39, 0.29) is 12.3 Å². The van der Waals surface area contributed by atoms with Crippen molar-refractivity contribution in [2.75, 3.05) is 23.8 Å². The van der Waals surface area contributed by atoms with Crippen molar-refractivity contribution in [3.8, 4) is 0 Å². The summed E-state index contributed by atoms with van der Waals surface area (Å²) in [5.74, 6) is 1.70. The van der Waals surface area contributed by atoms with Gasteiger partial charge >= 0.3 is 0 Å². The number of anilines is 2. The third-order valence-electron chi connectivity index (χ3n) is 3.93. The molecule has 0 saturated heterocycles. The predicted molar refractivity (Wildman–Crippen MR) is 89.0 cm³/mol. The zero-order chi connectivity index (χ0) is 17.1. The van der Waals surface area contributed by atoms with Gasteiger partial charge in [-0.05, 0) is 25.8 Å². The highest BCUT2D eigenvalue weighted by Gasteiger charge is 2.28. The smallest absolute Gasteiger partial charge is 0.271 e. The first-order valence-electron chi connectivity index (χ1n) is 7.87. The SMILES string of the molecule is Cc1nnc(CNc2cc([N+](=O)[O-])ccc2NCCO)n1C1CC1. The van der Waals surface area contributed by atoms with E-state index in [2.05, 4.69) is 25.4 Å². The number of aromatic nitrogens is 3. The summed E-state index contributed by atoms with van der Waals surface area (Å²) in [4.78, 5) is 10.6. The second-order valence-electron chi connectivity index (χ2n) is 5.76. The number of nitro benzene ring substituents is 1. The standard InChI is InChI=1S/C15H20N6O3/c1-10-18-19-15(20(10)11-2-3-11)9-17-14-8-12(21(23)24)4-5-13(14)16-6-7-22/h4-5,8,11,16-17,22H,2-3,6-7,9H2,1H3. The van der Waals surface area contributed by atoms with Gasteiger partial charge in [0, 0.05) is 24.7 Å². The Balaban J connectivity index is 1.80. The van der Waals surface area contributed by atoms with Crippen LogP contribution in [0.3, 0.4) is 0 Å². The molecule has 1 aromatic heterocycles. The number of hydrogen-bond acceptors (Lipinski definition) is 7. The molecule has 1 saturated carbocycles. The molecule has 9 nitrogen and oxygen atoms in total. The van der Waals surface area contributed by atoms with E-state index < -0.39 is 4.92 Å². The van der Waals surface area contributed by atoms with Crippen molar-refractivity contribution in [1.82, 2.24) is 14.8 Å². The van der Waals surface area contributed by atoms with Crippen LogP contribution in [0.2, 0.25) is 0 Å². The minimum atomic E-state index is -0.433. The van der Waals surface area contributed by atoms with Crippen LogP contribution in [0.15, 0.2) is 18.2 Å². The highest BCUT2D eigenvalue weighted by Crippen LogP contribution is 2.36. The molecule has 2 aromatic rings. The number of nitrogens with zero attached hydrogens (tertiary/aromatic N) is 4. The van der Waals surface area contributed by atoms with Crippen molar-refractivity contribution in [3.05, 3.63) is 40.0 Å². The Morgan fingerprint density at radius 1 is 1.33 bits per heavy atom. The van der Waals surface area contributed by atoms with Gasteiger partial charge in [0.05, 0.1) is 29.4 Å². The van der Waals surface area contributed by atoms with Crippen LogP contribution in [0.5, 0.6) is 0 Å². The molecule has 1 heterocycles. The van der Waals surface area contributed by atoms with Gasteiger partial charge in [-0.2, -0.15) is 0 Å². The maximum absolute atomic E-state index is 11.0. The topological polar surface area (TPSA) is 118 Å². The fourth-order valence-electron chi connectivity index (χ4n) is 2.65. The lowest BCUT2D eigenvalue weighted by atomic mass is 10.2. The molecule has 0 atom stereocenters. The summed E-state index contributed by atoms with van der Waals surface area (Å²) < 4.78 is 2.12. The van der Waals surface area contributed by atoms with Gasteiger partial charge in [-0.15, -0.1) is 10.2 Å². The van der Waals surface area contributed by atoms with Crippen LogP contribution in [0.4, 0.5) is 17.1 Å². The molecule has 24 heavy (non-hydrogen) atoms. The van der Waals surface area contributed by atoms with Gasteiger partial charge in [0.2, 0.25) is 0 Å². The summed E-state index contributed by atoms with van der Waals surface area (Å²) in [6.45, 7) is 2.69. The Morgan fingerprint density at radius 3 is 2.79 bits per heavy atom. The molecule has 3 rings (SSSR count). The fraction of sp³-hybridized carbons (Fsp3) is 0.467. The molecule has 1 aromatic carbocycles. The number of hydrogen-bond donors (Lipinski definition) is 3. The minimum Gasteiger partial charge on any atom is -0.395 e. The maximum atomic E-state index is 11.0. The molecule has 9 heteroatoms. The van der Waals surface area contributed by atoms with Crippen molar-refractivity contribution >= 4 is 17.1 Å². The van der Waals surface area contributed by atoms with Crippen molar-refractivity contribution in [2.24, 2.45) is 0 Å². The predicted octanol–water partition coefficient (Wildman–Crippen LogP) is 1.85. The zero-order valence-electron chi connectivity index (χ0n) is 13.4. The maximum Gasteiger partial charge on any atom is 0.271 e. The van der Waals surface area contributed by atoms with Crippen LogP contribution < -0.4 is 10.6 Å². The van der Waals surface area contributed by atoms with Crippen LogP contribution in [-0.4, -0.2) is 37.9 Å². The summed E-state index contributed by atoms with van der Waals surface area (Å²) in [6, 6.07) is 5.01. The molecule has 1 fully saturated rings. The molecule has 0 radical (unpaired) electrons. The Kier molecular flexibility index (Phi) is 4.61. The van der Waals surface area contributed by atoms with Crippen LogP contribution in [0, 0.1) is 17.0 Å². The third-order valence-corrected chi connectivity index (χ3v) is 3.93. The molecular weight excluding hydrogens is 312 g/mol. The Hall–Kier alpha value is -2.68. The van der Waals surface area contributed by atoms with Gasteiger partial charge in [0.25, 0.3) is 5.69 Å². The highest BCUT2D eigenvalue weighted by atomic mass is 16.6. The van der Waals surface area contributed by atoms with Crippen molar-refractivity contribution < 1.29 is 10.0 Å². The number of rotatable bonds is 8. The second-order valence-corrected chi connectivity index (χ2v) is 5.76. The fourth-order valence-corrected chi connectivity index (χ4v) is 2.65. The van der Waals surface area contributed by atoms with Crippen LogP contribution in [0.1, 0.15) is 30.5 Å². The van der Waals surface area contributed by atoms with Crippen LogP contribution in [-0.2, 0) is 6.54 Å². The first kappa shape index (κ1) is 16.2. The number of aryl methyl sites for hydroxylation is 1. The number of non-ortho nitro benzene ring substituents is 1. The summed E-state index contributed by atoms with van der Waals surface area (Å²) >= 11 is 0.